The molecule has 1 amide bonds. The van der Waals surface area contributed by atoms with Crippen molar-refractivity contribution in [2.75, 3.05) is 25.0 Å². The lowest BCUT2D eigenvalue weighted by molar-refractivity contribution is -0.117. The first-order valence-electron chi connectivity index (χ1n) is 6.61. The van der Waals surface area contributed by atoms with Crippen molar-refractivity contribution < 1.29 is 4.79 Å². The van der Waals surface area contributed by atoms with Crippen molar-refractivity contribution >= 4 is 44.7 Å². The molecule has 6 heteroatoms. The van der Waals surface area contributed by atoms with Crippen molar-refractivity contribution in [2.45, 2.75) is 12.8 Å². The summed E-state index contributed by atoms with van der Waals surface area (Å²) in [5.41, 5.74) is 6.50. The molecule has 1 fully saturated rings. The number of benzene rings is 1. The predicted molar refractivity (Wildman–Crippen MR) is 88.7 cm³/mol. The molecule has 1 atom stereocenters. The van der Waals surface area contributed by atoms with E-state index in [-0.39, 0.29) is 11.8 Å². The molecule has 20 heavy (non-hydrogen) atoms. The molecule has 0 aromatic heterocycles. The van der Waals surface area contributed by atoms with Crippen molar-refractivity contribution in [3.63, 3.8) is 0 Å². The third-order valence-electron chi connectivity index (χ3n) is 3.40. The molecule has 0 radical (unpaired) electrons. The first kappa shape index (κ1) is 15.4. The summed E-state index contributed by atoms with van der Waals surface area (Å²) in [5, 5.41) is 2.89. The molecule has 0 saturated carbocycles. The number of rotatable bonds is 4. The van der Waals surface area contributed by atoms with Crippen LogP contribution in [0.15, 0.2) is 28.7 Å². The van der Waals surface area contributed by atoms with Gasteiger partial charge >= 0.3 is 0 Å². The summed E-state index contributed by atoms with van der Waals surface area (Å²) >= 11 is 8.41. The maximum atomic E-state index is 12.0. The molecule has 2 rings (SSSR count). The summed E-state index contributed by atoms with van der Waals surface area (Å²) in [6.45, 7) is 2.09. The SMILES string of the molecule is NC(=S)C1CCCN(CC(=O)Nc2ccc(Br)cc2)C1. The van der Waals surface area contributed by atoms with Crippen molar-refractivity contribution in [3.8, 4) is 0 Å². The summed E-state index contributed by atoms with van der Waals surface area (Å²) < 4.78 is 0.992. The Balaban J connectivity index is 1.85. The highest BCUT2D eigenvalue weighted by Crippen LogP contribution is 2.17. The lowest BCUT2D eigenvalue weighted by atomic mass is 9.98. The molecule has 1 aromatic rings. The van der Waals surface area contributed by atoms with Gasteiger partial charge in [-0.2, -0.15) is 0 Å². The van der Waals surface area contributed by atoms with Crippen molar-refractivity contribution in [3.05, 3.63) is 28.7 Å². The highest BCUT2D eigenvalue weighted by Gasteiger charge is 2.23. The fraction of sp³-hybridized carbons (Fsp3) is 0.429. The lowest BCUT2D eigenvalue weighted by Crippen LogP contribution is -2.43. The molecule has 1 aliphatic rings. The zero-order valence-corrected chi connectivity index (χ0v) is 13.5. The number of carbonyl (C=O) groups is 1. The van der Waals surface area contributed by atoms with Gasteiger partial charge in [0.1, 0.15) is 0 Å². The smallest absolute Gasteiger partial charge is 0.238 e. The minimum absolute atomic E-state index is 0.00378. The zero-order valence-electron chi connectivity index (χ0n) is 11.1. The van der Waals surface area contributed by atoms with Crippen LogP contribution >= 0.6 is 28.1 Å². The van der Waals surface area contributed by atoms with Gasteiger partial charge < -0.3 is 11.1 Å². The van der Waals surface area contributed by atoms with Gasteiger partial charge in [-0.15, -0.1) is 0 Å². The third kappa shape index (κ3) is 4.54. The molecule has 1 aliphatic heterocycles. The van der Waals surface area contributed by atoms with Gasteiger partial charge in [-0.1, -0.05) is 28.1 Å². The minimum Gasteiger partial charge on any atom is -0.393 e. The Morgan fingerprint density at radius 2 is 2.15 bits per heavy atom. The van der Waals surface area contributed by atoms with Gasteiger partial charge in [0.25, 0.3) is 0 Å². The normalized spacial score (nSPS) is 19.6. The second-order valence-electron chi connectivity index (χ2n) is 5.03. The van der Waals surface area contributed by atoms with E-state index in [9.17, 15) is 4.79 Å². The number of amides is 1. The number of anilines is 1. The standard InChI is InChI=1S/C14H18BrN3OS/c15-11-3-5-12(6-4-11)17-13(19)9-18-7-1-2-10(8-18)14(16)20/h3-6,10H,1-2,7-9H2,(H2,16,20)(H,17,19). The van der Waals surface area contributed by atoms with E-state index in [2.05, 4.69) is 26.1 Å². The number of halogens is 1. The number of hydrogen-bond acceptors (Lipinski definition) is 3. The summed E-state index contributed by atoms with van der Waals surface area (Å²) in [6.07, 6.45) is 2.06. The van der Waals surface area contributed by atoms with Crippen molar-refractivity contribution in [1.29, 1.82) is 0 Å². The van der Waals surface area contributed by atoms with E-state index in [0.29, 0.717) is 11.5 Å². The summed E-state index contributed by atoms with van der Waals surface area (Å²) in [4.78, 5) is 14.7. The number of nitrogens with two attached hydrogens (primary N) is 1. The maximum Gasteiger partial charge on any atom is 0.238 e. The Kier molecular flexibility index (Phi) is 5.51. The van der Waals surface area contributed by atoms with E-state index >= 15 is 0 Å². The molecule has 0 bridgehead atoms. The molecule has 0 spiro atoms. The van der Waals surface area contributed by atoms with Crippen LogP contribution < -0.4 is 11.1 Å². The highest BCUT2D eigenvalue weighted by atomic mass is 79.9. The van der Waals surface area contributed by atoms with Gasteiger partial charge in [-0.3, -0.25) is 9.69 Å². The molecule has 1 unspecified atom stereocenters. The number of thiocarbonyl (C=S) groups is 1. The fourth-order valence-electron chi connectivity index (χ4n) is 2.37. The van der Waals surface area contributed by atoms with Gasteiger partial charge in [-0.25, -0.2) is 0 Å². The number of nitrogens with zero attached hydrogens (tertiary/aromatic N) is 1. The Bertz CT molecular complexity index is 492. The topological polar surface area (TPSA) is 58.4 Å². The second-order valence-corrected chi connectivity index (χ2v) is 6.42. The van der Waals surface area contributed by atoms with E-state index in [0.717, 1.165) is 36.1 Å². The molecule has 4 nitrogen and oxygen atoms in total. The average molecular weight is 356 g/mol. The minimum atomic E-state index is -0.00378. The van der Waals surface area contributed by atoms with Crippen LogP contribution in [0.4, 0.5) is 5.69 Å². The second kappa shape index (κ2) is 7.15. The Morgan fingerprint density at radius 3 is 2.80 bits per heavy atom. The Hall–Kier alpha value is -0.980. The quantitative estimate of drug-likeness (QED) is 0.814. The van der Waals surface area contributed by atoms with Gasteiger partial charge in [-0.05, 0) is 43.7 Å². The molecule has 3 N–H and O–H groups in total. The van der Waals surface area contributed by atoms with Crippen LogP contribution in [0, 0.1) is 5.92 Å². The summed E-state index contributed by atoms with van der Waals surface area (Å²) in [5.74, 6) is 0.232. The number of carbonyl (C=O) groups excluding carboxylic acids is 1. The monoisotopic (exact) mass is 355 g/mol. The third-order valence-corrected chi connectivity index (χ3v) is 4.27. The highest BCUT2D eigenvalue weighted by molar-refractivity contribution is 9.10. The molecule has 1 heterocycles. The van der Waals surface area contributed by atoms with E-state index in [1.165, 1.54) is 0 Å². The molecule has 1 saturated heterocycles. The van der Waals surface area contributed by atoms with E-state index < -0.39 is 0 Å². The maximum absolute atomic E-state index is 12.0. The van der Waals surface area contributed by atoms with Crippen LogP contribution in [0.1, 0.15) is 12.8 Å². The van der Waals surface area contributed by atoms with Crippen molar-refractivity contribution in [1.82, 2.24) is 4.90 Å². The molecule has 108 valence electrons. The van der Waals surface area contributed by atoms with Crippen LogP contribution in [-0.4, -0.2) is 35.4 Å². The Labute approximate surface area is 132 Å². The largest absolute Gasteiger partial charge is 0.393 e. The van der Waals surface area contributed by atoms with Gasteiger partial charge in [0.05, 0.1) is 11.5 Å². The molecular weight excluding hydrogens is 338 g/mol. The van der Waals surface area contributed by atoms with Crippen LogP contribution in [0.2, 0.25) is 0 Å². The molecule has 1 aromatic carbocycles. The van der Waals surface area contributed by atoms with Crippen LogP contribution in [0.3, 0.4) is 0 Å². The molecule has 0 aliphatic carbocycles. The predicted octanol–water partition coefficient (Wildman–Crippen LogP) is 2.39. The first-order valence-corrected chi connectivity index (χ1v) is 7.82. The van der Waals surface area contributed by atoms with Gasteiger partial charge in [0.15, 0.2) is 0 Å². The Morgan fingerprint density at radius 1 is 1.45 bits per heavy atom. The van der Waals surface area contributed by atoms with Gasteiger partial charge in [0.2, 0.25) is 5.91 Å². The van der Waals surface area contributed by atoms with Crippen molar-refractivity contribution in [2.24, 2.45) is 11.7 Å². The summed E-state index contributed by atoms with van der Waals surface area (Å²) in [7, 11) is 0. The van der Waals surface area contributed by atoms with E-state index in [4.69, 9.17) is 18.0 Å². The first-order chi connectivity index (χ1) is 9.54. The van der Waals surface area contributed by atoms with E-state index in [1.807, 2.05) is 24.3 Å². The van der Waals surface area contributed by atoms with Crippen LogP contribution in [0.5, 0.6) is 0 Å². The number of piperidine rings is 1. The number of likely N-dealkylation sites (tertiary alicyclic amines) is 1. The number of hydrogen-bond donors (Lipinski definition) is 2. The molecular formula is C14H18BrN3OS. The zero-order chi connectivity index (χ0) is 14.5. The van der Waals surface area contributed by atoms with E-state index in [1.54, 1.807) is 0 Å². The number of nitrogens with one attached hydrogen (secondary N) is 1. The van der Waals surface area contributed by atoms with Crippen LogP contribution in [-0.2, 0) is 4.79 Å². The van der Waals surface area contributed by atoms with Gasteiger partial charge in [0, 0.05) is 22.6 Å². The fourth-order valence-corrected chi connectivity index (χ4v) is 2.82. The summed E-state index contributed by atoms with van der Waals surface area (Å²) in [6, 6.07) is 7.55. The average Bonchev–Trinajstić information content (AvgIpc) is 2.41. The lowest BCUT2D eigenvalue weighted by Gasteiger charge is -2.31. The van der Waals surface area contributed by atoms with Crippen LogP contribution in [0.25, 0.3) is 0 Å².